The van der Waals surface area contributed by atoms with Crippen molar-refractivity contribution in [1.82, 2.24) is 10.3 Å². The van der Waals surface area contributed by atoms with E-state index >= 15 is 0 Å². The van der Waals surface area contributed by atoms with Gasteiger partial charge in [0.1, 0.15) is 23.3 Å². The first kappa shape index (κ1) is 28.0. The van der Waals surface area contributed by atoms with Gasteiger partial charge in [0, 0.05) is 31.0 Å². The smallest absolute Gasteiger partial charge is 0.273 e. The van der Waals surface area contributed by atoms with Gasteiger partial charge in [-0.15, -0.1) is 0 Å². The maximum absolute atomic E-state index is 11.3. The van der Waals surface area contributed by atoms with Crippen LogP contribution in [0.25, 0.3) is 11.3 Å². The summed E-state index contributed by atoms with van der Waals surface area (Å²) < 4.78 is 11.9. The van der Waals surface area contributed by atoms with Crippen molar-refractivity contribution in [3.8, 4) is 17.1 Å². The van der Waals surface area contributed by atoms with Gasteiger partial charge in [-0.3, -0.25) is 15.1 Å². The van der Waals surface area contributed by atoms with Gasteiger partial charge in [0.05, 0.1) is 46.1 Å². The Bertz CT molecular complexity index is 1620. The third-order valence-corrected chi connectivity index (χ3v) is 8.63. The van der Waals surface area contributed by atoms with Gasteiger partial charge in [0.25, 0.3) is 5.69 Å². The largest absolute Gasteiger partial charge is 0.496 e. The van der Waals surface area contributed by atoms with Gasteiger partial charge in [0.15, 0.2) is 5.11 Å². The topological polar surface area (TPSA) is 96.9 Å². The molecule has 0 aliphatic carbocycles. The second kappa shape index (κ2) is 11.6. The molecule has 2 saturated heterocycles. The van der Waals surface area contributed by atoms with Crippen LogP contribution in [0.3, 0.4) is 0 Å². The number of ether oxygens (including phenoxy) is 1. The molecule has 0 amide bonds. The summed E-state index contributed by atoms with van der Waals surface area (Å²) in [6, 6.07) is 19.3. The number of aromatic nitrogens is 1. The molecule has 0 spiro atoms. The number of non-ortho nitro benzene ring substituents is 1. The molecule has 42 heavy (non-hydrogen) atoms. The Morgan fingerprint density at radius 2 is 1.93 bits per heavy atom. The Morgan fingerprint density at radius 3 is 2.62 bits per heavy atom. The molecule has 9 nitrogen and oxygen atoms in total. The van der Waals surface area contributed by atoms with Gasteiger partial charge in [-0.1, -0.05) is 24.6 Å². The molecular formula is C31H30ClN5O4S. The zero-order chi connectivity index (χ0) is 29.4. The second-order valence-corrected chi connectivity index (χ2v) is 11.4. The number of hydrogen-bond donors (Lipinski definition) is 1. The highest BCUT2D eigenvalue weighted by Crippen LogP contribution is 2.45. The lowest BCUT2D eigenvalue weighted by Gasteiger charge is -2.33. The lowest BCUT2D eigenvalue weighted by molar-refractivity contribution is -0.384. The minimum Gasteiger partial charge on any atom is -0.496 e. The maximum atomic E-state index is 11.3. The van der Waals surface area contributed by atoms with E-state index in [4.69, 9.17) is 33.0 Å². The first-order valence-electron chi connectivity index (χ1n) is 13.8. The molecule has 11 heteroatoms. The van der Waals surface area contributed by atoms with Gasteiger partial charge in [-0.2, -0.15) is 0 Å². The van der Waals surface area contributed by atoms with E-state index in [-0.39, 0.29) is 17.8 Å². The van der Waals surface area contributed by atoms with E-state index in [9.17, 15) is 10.1 Å². The third-order valence-electron chi connectivity index (χ3n) is 8.01. The molecule has 0 saturated carbocycles. The molecule has 0 unspecified atom stereocenters. The average molecular weight is 604 g/mol. The van der Waals surface area contributed by atoms with Crippen LogP contribution in [0.15, 0.2) is 77.3 Å². The van der Waals surface area contributed by atoms with Crippen LogP contribution in [0.4, 0.5) is 17.1 Å². The summed E-state index contributed by atoms with van der Waals surface area (Å²) in [5, 5.41) is 15.9. The van der Waals surface area contributed by atoms with Crippen molar-refractivity contribution in [2.24, 2.45) is 5.92 Å². The van der Waals surface area contributed by atoms with E-state index in [0.29, 0.717) is 33.0 Å². The number of rotatable bonds is 7. The van der Waals surface area contributed by atoms with E-state index in [0.717, 1.165) is 48.9 Å². The molecule has 2 atom stereocenters. The number of nitrogens with one attached hydrogen (secondary N) is 1. The highest BCUT2D eigenvalue weighted by atomic mass is 35.5. The fraction of sp³-hybridized carbons (Fsp3) is 0.290. The molecule has 6 rings (SSSR count). The van der Waals surface area contributed by atoms with E-state index in [1.807, 2.05) is 47.4 Å². The third kappa shape index (κ3) is 5.28. The number of methoxy groups -OCH3 is 1. The summed E-state index contributed by atoms with van der Waals surface area (Å²) in [7, 11) is 1.47. The van der Waals surface area contributed by atoms with Crippen LogP contribution in [0.5, 0.6) is 5.75 Å². The standard InChI is InChI=1S/C31H30ClN5O4S/c1-19-12-15-35(16-13-19)25-9-7-20(17-23(25)32)36-30(29(34-31(36)42)24-5-3-4-14-33-24)27-11-10-26(41-27)22-8-6-21(37(38)39)18-28(22)40-2/h3-11,14,17-19,29-30H,12-13,15-16H2,1-2H3,(H,34,42)/t29-,30+/m0/s1. The van der Waals surface area contributed by atoms with Crippen molar-refractivity contribution in [1.29, 1.82) is 0 Å². The maximum Gasteiger partial charge on any atom is 0.273 e. The Kier molecular flexibility index (Phi) is 7.74. The van der Waals surface area contributed by atoms with Crippen LogP contribution in [-0.4, -0.2) is 35.2 Å². The van der Waals surface area contributed by atoms with Crippen molar-refractivity contribution >= 4 is 46.0 Å². The predicted molar refractivity (Wildman–Crippen MR) is 167 cm³/mol. The normalized spacial score (nSPS) is 19.2. The van der Waals surface area contributed by atoms with Gasteiger partial charge in [-0.05, 0) is 79.5 Å². The summed E-state index contributed by atoms with van der Waals surface area (Å²) in [5.41, 5.74) is 3.21. The first-order chi connectivity index (χ1) is 20.3. The van der Waals surface area contributed by atoms with Crippen molar-refractivity contribution in [3.63, 3.8) is 0 Å². The van der Waals surface area contributed by atoms with Crippen LogP contribution in [0.1, 0.15) is 43.3 Å². The lowest BCUT2D eigenvalue weighted by Crippen LogP contribution is -2.33. The van der Waals surface area contributed by atoms with E-state index < -0.39 is 4.92 Å². The van der Waals surface area contributed by atoms with Crippen LogP contribution < -0.4 is 19.9 Å². The van der Waals surface area contributed by atoms with Crippen molar-refractivity contribution in [2.45, 2.75) is 31.8 Å². The van der Waals surface area contributed by atoms with E-state index in [2.05, 4.69) is 28.2 Å². The molecule has 2 fully saturated rings. The molecule has 2 aliphatic rings. The lowest BCUT2D eigenvalue weighted by atomic mass is 9.98. The number of nitro benzene ring substituents is 1. The van der Waals surface area contributed by atoms with Crippen molar-refractivity contribution < 1.29 is 14.1 Å². The summed E-state index contributed by atoms with van der Waals surface area (Å²) in [6.07, 6.45) is 4.04. The molecule has 2 aliphatic heterocycles. The second-order valence-electron chi connectivity index (χ2n) is 10.6. The minimum atomic E-state index is -0.456. The molecule has 2 aromatic heterocycles. The highest BCUT2D eigenvalue weighted by molar-refractivity contribution is 7.80. The van der Waals surface area contributed by atoms with Gasteiger partial charge in [-0.25, -0.2) is 0 Å². The number of halogens is 1. The molecule has 4 heterocycles. The number of anilines is 2. The van der Waals surface area contributed by atoms with Crippen LogP contribution in [0.2, 0.25) is 5.02 Å². The summed E-state index contributed by atoms with van der Waals surface area (Å²) in [6.45, 7) is 4.25. The Labute approximate surface area is 254 Å². The fourth-order valence-electron chi connectivity index (χ4n) is 5.73. The number of thiocarbonyl (C=S) groups is 1. The number of benzene rings is 2. The number of hydrogen-bond acceptors (Lipinski definition) is 7. The molecule has 2 aromatic carbocycles. The zero-order valence-corrected chi connectivity index (χ0v) is 24.8. The van der Waals surface area contributed by atoms with Gasteiger partial charge >= 0.3 is 0 Å². The number of pyridine rings is 1. The zero-order valence-electron chi connectivity index (χ0n) is 23.2. The molecule has 0 bridgehead atoms. The Balaban J connectivity index is 1.39. The quantitative estimate of drug-likeness (QED) is 0.132. The summed E-state index contributed by atoms with van der Waals surface area (Å²) in [4.78, 5) is 19.8. The summed E-state index contributed by atoms with van der Waals surface area (Å²) >= 11 is 12.8. The molecule has 216 valence electrons. The number of nitro groups is 1. The number of piperidine rings is 1. The van der Waals surface area contributed by atoms with E-state index in [1.54, 1.807) is 12.3 Å². The van der Waals surface area contributed by atoms with E-state index in [1.165, 1.54) is 19.2 Å². The molecule has 4 aromatic rings. The Morgan fingerprint density at radius 1 is 1.12 bits per heavy atom. The SMILES string of the molecule is COc1cc([N+](=O)[O-])ccc1-c1ccc([C@@H]2[C@H](c3ccccn3)NC(=S)N2c2ccc(N3CCC(C)CC3)c(Cl)c2)o1. The molecular weight excluding hydrogens is 574 g/mol. The summed E-state index contributed by atoms with van der Waals surface area (Å²) in [5.74, 6) is 2.22. The minimum absolute atomic E-state index is 0.0616. The van der Waals surface area contributed by atoms with Gasteiger partial charge < -0.3 is 24.3 Å². The number of nitrogens with zero attached hydrogens (tertiary/aromatic N) is 4. The highest BCUT2D eigenvalue weighted by Gasteiger charge is 2.43. The number of furan rings is 1. The van der Waals surface area contributed by atoms with Crippen molar-refractivity contribution in [2.75, 3.05) is 30.0 Å². The average Bonchev–Trinajstić information content (AvgIpc) is 3.62. The van der Waals surface area contributed by atoms with Gasteiger partial charge in [0.2, 0.25) is 0 Å². The Hall–Kier alpha value is -4.15. The molecule has 0 radical (unpaired) electrons. The monoisotopic (exact) mass is 603 g/mol. The van der Waals surface area contributed by atoms with Crippen LogP contribution in [-0.2, 0) is 0 Å². The molecule has 1 N–H and O–H groups in total. The van der Waals surface area contributed by atoms with Crippen LogP contribution >= 0.6 is 23.8 Å². The fourth-order valence-corrected chi connectivity index (χ4v) is 6.37. The predicted octanol–water partition coefficient (Wildman–Crippen LogP) is 7.33. The van der Waals surface area contributed by atoms with Crippen LogP contribution in [0, 0.1) is 16.0 Å². The first-order valence-corrected chi connectivity index (χ1v) is 14.6. The van der Waals surface area contributed by atoms with Crippen molar-refractivity contribution in [3.05, 3.63) is 99.5 Å².